The molecule has 0 unspecified atom stereocenters. The molecule has 0 bridgehead atoms. The van der Waals surface area contributed by atoms with Crippen LogP contribution in [-0.4, -0.2) is 11.1 Å². The largest absolute Gasteiger partial charge is 0.416 e. The van der Waals surface area contributed by atoms with Gasteiger partial charge >= 0.3 is 49.4 Å². The molecule has 0 N–H and O–H groups in total. The molecule has 27 heteroatoms. The summed E-state index contributed by atoms with van der Waals surface area (Å²) in [5.41, 5.74) is -27.5. The maximum atomic E-state index is 14.2. The summed E-state index contributed by atoms with van der Waals surface area (Å²) in [4.78, 5) is 4.27. The van der Waals surface area contributed by atoms with Crippen LogP contribution in [0.4, 0.5) is 105 Å². The van der Waals surface area contributed by atoms with Gasteiger partial charge in [-0.2, -0.15) is 132 Å². The molecule has 0 aliphatic heterocycles. The van der Waals surface area contributed by atoms with Crippen molar-refractivity contribution < 1.29 is 110 Å². The van der Waals surface area contributed by atoms with Gasteiger partial charge < -0.3 is 0 Å². The Morgan fingerprint density at radius 2 is 0.671 bits per heavy atom. The summed E-state index contributed by atoms with van der Waals surface area (Å²) in [6.45, 7) is 3.19. The van der Waals surface area contributed by atoms with Crippen molar-refractivity contribution in [3.05, 3.63) is 177 Å². The molecular formula is C49H35BF24N2. The molecule has 0 spiro atoms. The van der Waals surface area contributed by atoms with E-state index in [1.54, 1.807) is 0 Å². The molecule has 0 saturated carbocycles. The molecule has 2 nitrogen and oxygen atoms in total. The van der Waals surface area contributed by atoms with Crippen LogP contribution >= 0.6 is 0 Å². The van der Waals surface area contributed by atoms with Crippen LogP contribution in [0.3, 0.4) is 0 Å². The van der Waals surface area contributed by atoms with Gasteiger partial charge in [-0.1, -0.05) is 105 Å². The Bertz CT molecular complexity index is 2510. The van der Waals surface area contributed by atoms with Crippen LogP contribution < -0.4 is 26.4 Å². The van der Waals surface area contributed by atoms with Gasteiger partial charge in [0.2, 0.25) is 0 Å². The summed E-state index contributed by atoms with van der Waals surface area (Å²) in [5, 5.41) is 0. The fourth-order valence-corrected chi connectivity index (χ4v) is 8.36. The normalized spacial score (nSPS) is 13.4. The average Bonchev–Trinajstić information content (AvgIpc) is 3.29. The number of hydrogen-bond acceptors (Lipinski definition) is 1. The minimum Gasteiger partial charge on any atom is -0.252 e. The maximum absolute atomic E-state index is 14.2. The standard InChI is InChI=1S/C32H12BF24.C17H23N2/c34-25(35,36)13-1-14(26(37,38)39)6-21(5-13)33(22-7-15(27(40,41)42)2-16(8-22)28(43,44)45,23-9-17(29(46,47)48)3-18(10-23)30(49,50)51)24-11-19(31(52,53)54)4-20(12-24)32(55,56)57;1-2-3-4-8-11-17-14-18-12-13-19(17)15-16-9-6-5-7-10-16/h1-12H;5-7,9-10,12-14H,2-4,8,11,15H2,1H3/q-1;+1. The first-order valence-corrected chi connectivity index (χ1v) is 21.9. The monoisotopic (exact) mass is 1120 g/mol. The van der Waals surface area contributed by atoms with Gasteiger partial charge in [-0.25, -0.2) is 0 Å². The van der Waals surface area contributed by atoms with Gasteiger partial charge in [-0.3, -0.25) is 4.98 Å². The van der Waals surface area contributed by atoms with Crippen LogP contribution in [0, 0.1) is 0 Å². The quantitative estimate of drug-likeness (QED) is 0.0547. The lowest BCUT2D eigenvalue weighted by molar-refractivity contribution is -0.696. The zero-order chi connectivity index (χ0) is 57.3. The second-order valence-corrected chi connectivity index (χ2v) is 17.2. The van der Waals surface area contributed by atoms with Crippen molar-refractivity contribution in [2.75, 3.05) is 0 Å². The number of halogens is 24. The van der Waals surface area contributed by atoms with E-state index >= 15 is 0 Å². The second-order valence-electron chi connectivity index (χ2n) is 17.2. The molecule has 0 amide bonds. The van der Waals surface area contributed by atoms with Crippen molar-refractivity contribution in [3.8, 4) is 0 Å². The Kier molecular flexibility index (Phi) is 17.4. The van der Waals surface area contributed by atoms with Crippen LogP contribution in [0.15, 0.2) is 122 Å². The van der Waals surface area contributed by atoms with Crippen molar-refractivity contribution in [2.24, 2.45) is 0 Å². The number of benzene rings is 5. The third-order valence-corrected chi connectivity index (χ3v) is 11.8. The number of unbranched alkanes of at least 4 members (excludes halogenated alkanes) is 3. The molecule has 0 radical (unpaired) electrons. The van der Waals surface area contributed by atoms with Crippen LogP contribution in [-0.2, 0) is 62.4 Å². The van der Waals surface area contributed by atoms with E-state index in [1.807, 2.05) is 12.4 Å². The van der Waals surface area contributed by atoms with Gasteiger partial charge in [0.15, 0.2) is 18.4 Å². The molecule has 1 aromatic heterocycles. The summed E-state index contributed by atoms with van der Waals surface area (Å²) in [7, 11) is 0. The Hall–Kier alpha value is -6.44. The molecule has 1 heterocycles. The minimum absolute atomic E-state index is 0.691. The fraction of sp³-hybridized carbons (Fsp3) is 0.306. The van der Waals surface area contributed by atoms with Crippen LogP contribution in [0.25, 0.3) is 0 Å². The predicted octanol–water partition coefficient (Wildman–Crippen LogP) is 14.8. The molecule has 0 atom stereocenters. The molecule has 0 fully saturated rings. The average molecular weight is 1120 g/mol. The first-order chi connectivity index (χ1) is 34.7. The van der Waals surface area contributed by atoms with Crippen LogP contribution in [0.1, 0.15) is 88.4 Å². The summed E-state index contributed by atoms with van der Waals surface area (Å²) in [6, 6.07) is 1.79. The zero-order valence-electron chi connectivity index (χ0n) is 38.3. The molecule has 412 valence electrons. The highest BCUT2D eigenvalue weighted by atomic mass is 19.4. The minimum atomic E-state index is -6.13. The first-order valence-electron chi connectivity index (χ1n) is 21.9. The third-order valence-electron chi connectivity index (χ3n) is 11.8. The highest BCUT2D eigenvalue weighted by Crippen LogP contribution is 2.41. The first kappa shape index (κ1) is 60.4. The molecule has 0 saturated heterocycles. The number of alkyl halides is 24. The van der Waals surface area contributed by atoms with Gasteiger partial charge in [0.1, 0.15) is 6.15 Å². The Morgan fingerprint density at radius 1 is 0.382 bits per heavy atom. The van der Waals surface area contributed by atoms with Gasteiger partial charge in [-0.15, -0.1) is 0 Å². The van der Waals surface area contributed by atoms with E-state index in [0.29, 0.717) is 0 Å². The van der Waals surface area contributed by atoms with Gasteiger partial charge in [0, 0.05) is 12.0 Å². The van der Waals surface area contributed by atoms with E-state index in [4.69, 9.17) is 0 Å². The Balaban J connectivity index is 0.000000468. The summed E-state index contributed by atoms with van der Waals surface area (Å²) >= 11 is 0. The lowest BCUT2D eigenvalue weighted by atomic mass is 9.12. The highest BCUT2D eigenvalue weighted by molar-refractivity contribution is 7.20. The molecule has 76 heavy (non-hydrogen) atoms. The van der Waals surface area contributed by atoms with E-state index in [0.717, 1.165) is 13.0 Å². The smallest absolute Gasteiger partial charge is 0.252 e. The summed E-state index contributed by atoms with van der Waals surface area (Å²) < 4.78 is 343. The number of aromatic nitrogens is 2. The summed E-state index contributed by atoms with van der Waals surface area (Å²) in [6.07, 6.45) is -42.5. The highest BCUT2D eigenvalue weighted by Gasteiger charge is 2.47. The molecule has 6 aromatic rings. The molecular weight excluding hydrogens is 1080 g/mol. The van der Waals surface area contributed by atoms with E-state index in [9.17, 15) is 105 Å². The van der Waals surface area contributed by atoms with Crippen molar-refractivity contribution in [1.29, 1.82) is 0 Å². The number of nitrogens with zero attached hydrogens (tertiary/aromatic N) is 2. The Morgan fingerprint density at radius 3 is 0.934 bits per heavy atom. The van der Waals surface area contributed by atoms with E-state index in [2.05, 4.69) is 53.0 Å². The van der Waals surface area contributed by atoms with Crippen molar-refractivity contribution >= 4 is 28.0 Å². The number of aryl methyl sites for hydroxylation is 1. The third kappa shape index (κ3) is 14.7. The van der Waals surface area contributed by atoms with E-state index < -0.39 is 195 Å². The topological polar surface area (TPSA) is 16.8 Å². The zero-order valence-corrected chi connectivity index (χ0v) is 38.3. The van der Waals surface area contributed by atoms with Crippen molar-refractivity contribution in [2.45, 2.75) is 95.0 Å². The predicted molar refractivity (Wildman–Crippen MR) is 228 cm³/mol. The molecule has 5 aromatic carbocycles. The van der Waals surface area contributed by atoms with E-state index in [-0.39, 0.29) is 0 Å². The molecule has 0 aliphatic rings. The fourth-order valence-electron chi connectivity index (χ4n) is 8.36. The molecule has 0 aliphatic carbocycles. The Labute approximate surface area is 414 Å². The van der Waals surface area contributed by atoms with Crippen LogP contribution in [0.2, 0.25) is 0 Å². The van der Waals surface area contributed by atoms with Crippen molar-refractivity contribution in [1.82, 2.24) is 4.98 Å². The maximum Gasteiger partial charge on any atom is 0.416 e. The molecule has 6 rings (SSSR count). The van der Waals surface area contributed by atoms with Gasteiger partial charge in [-0.05, 0) is 30.7 Å². The van der Waals surface area contributed by atoms with Gasteiger partial charge in [0.25, 0.3) is 0 Å². The number of hydrogen-bond donors (Lipinski definition) is 0. The lowest BCUT2D eigenvalue weighted by Crippen LogP contribution is -2.75. The summed E-state index contributed by atoms with van der Waals surface area (Å²) in [5.74, 6) is 0. The lowest BCUT2D eigenvalue weighted by Gasteiger charge is -2.46. The second kappa shape index (κ2) is 21.9. The van der Waals surface area contributed by atoms with E-state index in [1.165, 1.54) is 36.9 Å². The number of rotatable bonds is 11. The van der Waals surface area contributed by atoms with Crippen LogP contribution in [0.5, 0.6) is 0 Å². The van der Waals surface area contributed by atoms with Crippen molar-refractivity contribution in [3.63, 3.8) is 0 Å². The van der Waals surface area contributed by atoms with Gasteiger partial charge in [0.05, 0.1) is 56.9 Å². The SMILES string of the molecule is CCCCCCc1cncc[n+]1Cc1ccccc1.FC(F)(F)c1cc([B-](c2cc(C(F)(F)F)cc(C(F)(F)F)c2)(c2cc(C(F)(F)F)cc(C(F)(F)F)c2)c2cc(C(F)(F)F)cc(C(F)(F)F)c2)cc(C(F)(F)F)c1.